The second kappa shape index (κ2) is 12.0. The van der Waals surface area contributed by atoms with Gasteiger partial charge in [0.05, 0.1) is 37.4 Å². The van der Waals surface area contributed by atoms with Crippen LogP contribution in [0.2, 0.25) is 18.6 Å². The number of hydrogen-bond acceptors (Lipinski definition) is 6. The third kappa shape index (κ3) is 5.31. The van der Waals surface area contributed by atoms with E-state index in [0.717, 1.165) is 40.0 Å². The van der Waals surface area contributed by atoms with E-state index in [9.17, 15) is 24.3 Å². The third-order valence-electron chi connectivity index (χ3n) is 10.8. The number of hydrogen-bond donors (Lipinski definition) is 2. The highest BCUT2D eigenvalue weighted by Gasteiger charge is 2.66. The van der Waals surface area contributed by atoms with Gasteiger partial charge in [-0.1, -0.05) is 61.5 Å². The van der Waals surface area contributed by atoms with Crippen molar-refractivity contribution in [3.8, 4) is 0 Å². The Labute approximate surface area is 276 Å². The fourth-order valence-electron chi connectivity index (χ4n) is 8.65. The Bertz CT molecular complexity index is 1720. The molecule has 4 aliphatic rings. The van der Waals surface area contributed by atoms with Crippen LogP contribution in [0.1, 0.15) is 48.4 Å². The molecule has 10 heteroatoms. The lowest BCUT2D eigenvalue weighted by atomic mass is 9.82. The molecule has 47 heavy (non-hydrogen) atoms. The number of nitrogens with zero attached hydrogens (tertiary/aromatic N) is 3. The molecule has 4 aliphatic heterocycles. The minimum atomic E-state index is -2.97. The number of amides is 3. The predicted octanol–water partition coefficient (Wildman–Crippen LogP) is 4.49. The summed E-state index contributed by atoms with van der Waals surface area (Å²) in [5, 5.41) is 10.2. The molecule has 9 nitrogen and oxygen atoms in total. The Balaban J connectivity index is 1.20. The number of ether oxygens (including phenoxy) is 1. The van der Waals surface area contributed by atoms with Crippen LogP contribution in [0.5, 0.6) is 0 Å². The second-order valence-corrected chi connectivity index (χ2v) is 18.1. The highest BCUT2D eigenvalue weighted by molar-refractivity contribution is 6.71. The summed E-state index contributed by atoms with van der Waals surface area (Å²) >= 11 is 0. The zero-order chi connectivity index (χ0) is 33.1. The highest BCUT2D eigenvalue weighted by atomic mass is 28.4. The normalized spacial score (nSPS) is 27.1. The first kappa shape index (κ1) is 31.8. The van der Waals surface area contributed by atoms with E-state index >= 15 is 0 Å². The van der Waals surface area contributed by atoms with Crippen molar-refractivity contribution in [3.05, 3.63) is 95.1 Å². The summed E-state index contributed by atoms with van der Waals surface area (Å²) in [7, 11) is -2.97. The molecule has 3 amide bonds. The molecule has 1 spiro atoms. The molecule has 0 saturated carbocycles. The first-order valence-electron chi connectivity index (χ1n) is 16.7. The van der Waals surface area contributed by atoms with E-state index in [1.807, 2.05) is 92.8 Å². The van der Waals surface area contributed by atoms with Gasteiger partial charge in [0.1, 0.15) is 0 Å². The summed E-state index contributed by atoms with van der Waals surface area (Å²) in [5.74, 6) is -0.639. The van der Waals surface area contributed by atoms with Crippen LogP contribution in [-0.4, -0.2) is 66.1 Å². The van der Waals surface area contributed by atoms with Crippen molar-refractivity contribution in [2.75, 3.05) is 23.0 Å². The number of anilines is 2. The van der Waals surface area contributed by atoms with Crippen molar-refractivity contribution in [1.29, 1.82) is 0 Å². The van der Waals surface area contributed by atoms with Gasteiger partial charge in [-0.05, 0) is 60.8 Å². The van der Waals surface area contributed by atoms with Crippen LogP contribution in [0, 0.1) is 5.92 Å². The average molecular weight is 654 g/mol. The zero-order valence-electron chi connectivity index (χ0n) is 27.3. The van der Waals surface area contributed by atoms with E-state index in [1.165, 1.54) is 0 Å². The van der Waals surface area contributed by atoms with Gasteiger partial charge in [-0.3, -0.25) is 14.4 Å². The van der Waals surface area contributed by atoms with Crippen LogP contribution in [0.4, 0.5) is 11.4 Å². The fourth-order valence-corrected chi connectivity index (χ4v) is 11.2. The lowest BCUT2D eigenvalue weighted by Crippen LogP contribution is -2.48. The van der Waals surface area contributed by atoms with Gasteiger partial charge in [0, 0.05) is 42.2 Å². The minimum Gasteiger partial charge on any atom is -0.432 e. The van der Waals surface area contributed by atoms with Crippen molar-refractivity contribution in [3.63, 3.8) is 0 Å². The van der Waals surface area contributed by atoms with Gasteiger partial charge in [-0.25, -0.2) is 0 Å². The van der Waals surface area contributed by atoms with E-state index in [1.54, 1.807) is 14.7 Å². The van der Waals surface area contributed by atoms with Crippen molar-refractivity contribution in [1.82, 2.24) is 4.90 Å². The number of aliphatic hydroxyl groups is 1. The Morgan fingerprint density at radius 3 is 2.49 bits per heavy atom. The molecule has 0 radical (unpaired) electrons. The van der Waals surface area contributed by atoms with Gasteiger partial charge >= 0.3 is 0 Å². The molecule has 2 N–H and O–H groups in total. The summed E-state index contributed by atoms with van der Waals surface area (Å²) in [6.07, 6.45) is 1.28. The number of benzene rings is 3. The van der Waals surface area contributed by atoms with Crippen LogP contribution in [0.25, 0.3) is 0 Å². The van der Waals surface area contributed by atoms with Crippen molar-refractivity contribution in [2.45, 2.75) is 82.1 Å². The lowest BCUT2D eigenvalue weighted by molar-refractivity contribution is -0.151. The van der Waals surface area contributed by atoms with E-state index < -0.39 is 31.5 Å². The first-order chi connectivity index (χ1) is 22.5. The lowest BCUT2D eigenvalue weighted by Gasteiger charge is -2.37. The Kier molecular flexibility index (Phi) is 8.11. The molecule has 2 saturated heterocycles. The minimum absolute atomic E-state index is 0.00771. The maximum Gasteiger partial charge on any atom is 0.264 e. The number of rotatable bonds is 7. The Morgan fingerprint density at radius 1 is 1.02 bits per heavy atom. The van der Waals surface area contributed by atoms with E-state index in [4.69, 9.17) is 4.74 Å². The Morgan fingerprint density at radius 2 is 1.77 bits per heavy atom. The molecule has 3 aromatic carbocycles. The molecular formula is C37H43N3O6Si. The molecule has 0 aromatic heterocycles. The van der Waals surface area contributed by atoms with E-state index in [0.29, 0.717) is 32.5 Å². The number of carbonyl (C=O) groups is 3. The summed E-state index contributed by atoms with van der Waals surface area (Å²) in [6.45, 7) is 6.92. The van der Waals surface area contributed by atoms with Crippen molar-refractivity contribution < 1.29 is 29.0 Å². The summed E-state index contributed by atoms with van der Waals surface area (Å²) in [6, 6.07) is 23.1. The summed E-state index contributed by atoms with van der Waals surface area (Å²) in [5.41, 5.74) is 3.68. The van der Waals surface area contributed by atoms with Crippen LogP contribution in [0.15, 0.2) is 72.8 Å². The molecule has 0 bridgehead atoms. The van der Waals surface area contributed by atoms with Crippen LogP contribution < -0.4 is 9.80 Å². The van der Waals surface area contributed by atoms with Gasteiger partial charge in [0.15, 0.2) is 13.9 Å². The standard InChI is InChI=1S/C37H43N3O6Si/c1-24-35(47(2,3)45)32(20-34(43)39-22-27-12-5-4-11-26(27)19-29(39)23-41)46-37(24)30-14-6-7-15-31(30)40(36(37)44)21-25-10-8-13-28(18-25)38-17-9-16-33(38)42/h4-8,10-15,18,24,29,32,35,41,45H,9,16-17,19-23H2,1-3H3/t24-,29-,32+,35-,37+/m0/s1. The van der Waals surface area contributed by atoms with Crippen molar-refractivity contribution in [2.24, 2.45) is 5.92 Å². The van der Waals surface area contributed by atoms with Crippen molar-refractivity contribution >= 4 is 37.4 Å². The summed E-state index contributed by atoms with van der Waals surface area (Å²) < 4.78 is 6.91. The quantitative estimate of drug-likeness (QED) is 0.364. The summed E-state index contributed by atoms with van der Waals surface area (Å²) in [4.78, 5) is 58.3. The average Bonchev–Trinajstić information content (AvgIpc) is 3.69. The third-order valence-corrected chi connectivity index (χ3v) is 13.3. The first-order valence-corrected chi connectivity index (χ1v) is 19.7. The van der Waals surface area contributed by atoms with Gasteiger partial charge in [-0.2, -0.15) is 0 Å². The van der Waals surface area contributed by atoms with Gasteiger partial charge in [0.2, 0.25) is 11.8 Å². The SMILES string of the molecule is C[C@H]1[C@H]([Si](C)(C)O)[C@@H](CC(=O)N2Cc3ccccc3C[C@H]2CO)O[C@]12C(=O)N(Cc1cccc(N3CCCC3=O)c1)c1ccccc12. The Hall–Kier alpha value is -3.83. The molecule has 2 fully saturated rings. The van der Waals surface area contributed by atoms with E-state index in [-0.39, 0.29) is 36.8 Å². The monoisotopic (exact) mass is 653 g/mol. The molecule has 5 atom stereocenters. The molecule has 4 heterocycles. The zero-order valence-corrected chi connectivity index (χ0v) is 28.3. The topological polar surface area (TPSA) is 111 Å². The second-order valence-electron chi connectivity index (χ2n) is 14.1. The fraction of sp³-hybridized carbons (Fsp3) is 0.432. The predicted molar refractivity (Wildman–Crippen MR) is 181 cm³/mol. The maximum atomic E-state index is 14.8. The highest BCUT2D eigenvalue weighted by Crippen LogP contribution is 2.59. The maximum absolute atomic E-state index is 14.8. The number of para-hydroxylation sites is 1. The number of fused-ring (bicyclic) bond motifs is 3. The molecule has 7 rings (SSSR count). The largest absolute Gasteiger partial charge is 0.432 e. The van der Waals surface area contributed by atoms with Crippen LogP contribution >= 0.6 is 0 Å². The molecular weight excluding hydrogens is 611 g/mol. The van der Waals surface area contributed by atoms with Gasteiger partial charge < -0.3 is 29.3 Å². The number of carbonyl (C=O) groups excluding carboxylic acids is 3. The molecule has 246 valence electrons. The van der Waals surface area contributed by atoms with E-state index in [2.05, 4.69) is 0 Å². The molecule has 3 aromatic rings. The van der Waals surface area contributed by atoms with Crippen LogP contribution in [-0.2, 0) is 44.2 Å². The molecule has 0 unspecified atom stereocenters. The van der Waals surface area contributed by atoms with Crippen LogP contribution in [0.3, 0.4) is 0 Å². The molecule has 0 aliphatic carbocycles. The number of aliphatic hydroxyl groups excluding tert-OH is 1. The smallest absolute Gasteiger partial charge is 0.264 e. The van der Waals surface area contributed by atoms with Gasteiger partial charge in [0.25, 0.3) is 5.91 Å². The van der Waals surface area contributed by atoms with Gasteiger partial charge in [-0.15, -0.1) is 0 Å².